The average Bonchev–Trinajstić information content (AvgIpc) is 2.08. The van der Waals surface area contributed by atoms with E-state index in [2.05, 4.69) is 0 Å². The van der Waals surface area contributed by atoms with E-state index in [0.717, 1.165) is 0 Å². The number of hydrogen-bond acceptors (Lipinski definition) is 3. The van der Waals surface area contributed by atoms with E-state index in [1.165, 1.54) is 12.1 Å². The number of phenols is 1. The van der Waals surface area contributed by atoms with E-state index in [1.807, 2.05) is 0 Å². The van der Waals surface area contributed by atoms with Gasteiger partial charge in [0.2, 0.25) is 0 Å². The molecule has 0 aliphatic carbocycles. The third-order valence-electron chi connectivity index (χ3n) is 1.85. The minimum absolute atomic E-state index is 0. The van der Waals surface area contributed by atoms with E-state index in [-0.39, 0.29) is 18.2 Å². The van der Waals surface area contributed by atoms with Gasteiger partial charge in [-0.15, -0.1) is 12.4 Å². The Kier molecular flexibility index (Phi) is 4.40. The Balaban J connectivity index is 0.00000169. The summed E-state index contributed by atoms with van der Waals surface area (Å²) in [5.74, 6) is -0.938. The molecule has 0 aliphatic heterocycles. The molecule has 1 rings (SSSR count). The quantitative estimate of drug-likeness (QED) is 0.695. The Hall–Kier alpha value is -1.26. The number of rotatable bonds is 2. The first-order valence-corrected chi connectivity index (χ1v) is 3.80. The zero-order valence-corrected chi connectivity index (χ0v) is 8.41. The molecule has 0 fully saturated rings. The van der Waals surface area contributed by atoms with Gasteiger partial charge in [-0.1, -0.05) is 12.1 Å². The molecule has 4 nitrogen and oxygen atoms in total. The number of benzene rings is 1. The summed E-state index contributed by atoms with van der Waals surface area (Å²) in [4.78, 5) is 10.5. The van der Waals surface area contributed by atoms with Crippen LogP contribution in [-0.4, -0.2) is 16.2 Å². The van der Waals surface area contributed by atoms with E-state index < -0.39 is 12.0 Å². The third kappa shape index (κ3) is 2.61. The van der Waals surface area contributed by atoms with Crippen molar-refractivity contribution in [3.8, 4) is 5.75 Å². The summed E-state index contributed by atoms with van der Waals surface area (Å²) in [6, 6.07) is 3.47. The molecule has 0 spiro atoms. The number of aromatic hydroxyl groups is 1. The predicted octanol–water partition coefficient (Wildman–Crippen LogP) is 1.21. The smallest absolute Gasteiger partial charge is 0.325 e. The first-order chi connectivity index (χ1) is 6.02. The zero-order valence-electron chi connectivity index (χ0n) is 7.60. The Bertz CT molecular complexity index is 341. The minimum Gasteiger partial charge on any atom is -0.508 e. The summed E-state index contributed by atoms with van der Waals surface area (Å²) in [6.07, 6.45) is 0. The maximum atomic E-state index is 10.5. The van der Waals surface area contributed by atoms with Crippen LogP contribution in [0, 0.1) is 6.92 Å². The molecule has 5 heteroatoms. The van der Waals surface area contributed by atoms with Gasteiger partial charge in [0, 0.05) is 0 Å². The molecule has 1 aromatic carbocycles. The van der Waals surface area contributed by atoms with Gasteiger partial charge >= 0.3 is 5.97 Å². The molecule has 0 radical (unpaired) electrons. The molecule has 4 N–H and O–H groups in total. The lowest BCUT2D eigenvalue weighted by Gasteiger charge is -2.07. The van der Waals surface area contributed by atoms with Crippen LogP contribution in [0.25, 0.3) is 0 Å². The van der Waals surface area contributed by atoms with Crippen LogP contribution in [0.4, 0.5) is 0 Å². The second kappa shape index (κ2) is 4.83. The minimum atomic E-state index is -1.08. The number of hydrogen-bond donors (Lipinski definition) is 3. The lowest BCUT2D eigenvalue weighted by atomic mass is 10.0. The van der Waals surface area contributed by atoms with E-state index in [1.54, 1.807) is 13.0 Å². The first-order valence-electron chi connectivity index (χ1n) is 3.80. The molecule has 78 valence electrons. The van der Waals surface area contributed by atoms with Crippen LogP contribution < -0.4 is 5.73 Å². The van der Waals surface area contributed by atoms with E-state index in [9.17, 15) is 9.90 Å². The van der Waals surface area contributed by atoms with Gasteiger partial charge in [0.05, 0.1) is 0 Å². The molecule has 0 aliphatic rings. The lowest BCUT2D eigenvalue weighted by Crippen LogP contribution is -2.20. The molecule has 1 aromatic rings. The highest BCUT2D eigenvalue weighted by Gasteiger charge is 2.14. The van der Waals surface area contributed by atoms with Crippen LogP contribution in [-0.2, 0) is 4.79 Å². The van der Waals surface area contributed by atoms with Crippen molar-refractivity contribution in [1.29, 1.82) is 0 Å². The Labute approximate surface area is 87.8 Å². The molecule has 0 heterocycles. The molecule has 1 unspecified atom stereocenters. The summed E-state index contributed by atoms with van der Waals surface area (Å²) in [6.45, 7) is 1.69. The molecule has 0 bridgehead atoms. The molecule has 1 atom stereocenters. The second-order valence-electron chi connectivity index (χ2n) is 2.86. The Morgan fingerprint density at radius 3 is 2.50 bits per heavy atom. The number of aliphatic carboxylic acids is 1. The normalized spacial score (nSPS) is 11.6. The number of phenolic OH excluding ortho intramolecular Hbond substituents is 1. The fourth-order valence-electron chi connectivity index (χ4n) is 1.01. The maximum Gasteiger partial charge on any atom is 0.325 e. The van der Waals surface area contributed by atoms with Crippen molar-refractivity contribution in [2.24, 2.45) is 5.73 Å². The van der Waals surface area contributed by atoms with Crippen LogP contribution >= 0.6 is 12.4 Å². The van der Waals surface area contributed by atoms with E-state index >= 15 is 0 Å². The van der Waals surface area contributed by atoms with Gasteiger partial charge in [-0.2, -0.15) is 0 Å². The molecule has 0 saturated heterocycles. The average molecular weight is 218 g/mol. The van der Waals surface area contributed by atoms with Crippen LogP contribution in [0.15, 0.2) is 18.2 Å². The number of carboxylic acid groups (broad SMARTS) is 1. The fourth-order valence-corrected chi connectivity index (χ4v) is 1.01. The van der Waals surface area contributed by atoms with Gasteiger partial charge in [-0.05, 0) is 24.1 Å². The highest BCUT2D eigenvalue weighted by atomic mass is 35.5. The summed E-state index contributed by atoms with van der Waals surface area (Å²) in [5.41, 5.74) is 6.48. The third-order valence-corrected chi connectivity index (χ3v) is 1.85. The number of halogens is 1. The second-order valence-corrected chi connectivity index (χ2v) is 2.86. The van der Waals surface area contributed by atoms with Crippen molar-refractivity contribution in [2.45, 2.75) is 13.0 Å². The summed E-state index contributed by atoms with van der Waals surface area (Å²) in [7, 11) is 0. The first kappa shape index (κ1) is 12.7. The standard InChI is InChI=1S/C9H11NO3.ClH/c1-5-4-6(2-3-7(5)11)8(10)9(12)13;/h2-4,8,11H,10H2,1H3,(H,12,13);1H. The van der Waals surface area contributed by atoms with E-state index in [0.29, 0.717) is 11.1 Å². The van der Waals surface area contributed by atoms with Crippen molar-refractivity contribution in [3.05, 3.63) is 29.3 Å². The Morgan fingerprint density at radius 1 is 1.50 bits per heavy atom. The molecule has 0 amide bonds. The SMILES string of the molecule is Cc1cc(C(N)C(=O)O)ccc1O.Cl. The zero-order chi connectivity index (χ0) is 10.0. The number of nitrogens with two attached hydrogens (primary N) is 1. The van der Waals surface area contributed by atoms with Gasteiger partial charge in [0.15, 0.2) is 0 Å². The largest absolute Gasteiger partial charge is 0.508 e. The summed E-state index contributed by atoms with van der Waals surface area (Å²) < 4.78 is 0. The van der Waals surface area contributed by atoms with Gasteiger partial charge in [-0.3, -0.25) is 4.79 Å². The monoisotopic (exact) mass is 217 g/mol. The van der Waals surface area contributed by atoms with E-state index in [4.69, 9.17) is 10.8 Å². The van der Waals surface area contributed by atoms with Crippen molar-refractivity contribution in [1.82, 2.24) is 0 Å². The summed E-state index contributed by atoms with van der Waals surface area (Å²) >= 11 is 0. The van der Waals surface area contributed by atoms with Gasteiger partial charge in [0.1, 0.15) is 11.8 Å². The fraction of sp³-hybridized carbons (Fsp3) is 0.222. The lowest BCUT2D eigenvalue weighted by molar-refractivity contribution is -0.138. The highest BCUT2D eigenvalue weighted by molar-refractivity contribution is 5.85. The molecule has 0 saturated carbocycles. The molecule has 14 heavy (non-hydrogen) atoms. The number of carboxylic acids is 1. The summed E-state index contributed by atoms with van der Waals surface area (Å²) in [5, 5.41) is 17.8. The van der Waals surface area contributed by atoms with Crippen LogP contribution in [0.1, 0.15) is 17.2 Å². The van der Waals surface area contributed by atoms with Crippen LogP contribution in [0.2, 0.25) is 0 Å². The van der Waals surface area contributed by atoms with Crippen LogP contribution in [0.5, 0.6) is 5.75 Å². The topological polar surface area (TPSA) is 83.6 Å². The van der Waals surface area contributed by atoms with Crippen molar-refractivity contribution in [2.75, 3.05) is 0 Å². The number of carbonyl (C=O) groups is 1. The highest BCUT2D eigenvalue weighted by Crippen LogP contribution is 2.20. The maximum absolute atomic E-state index is 10.5. The van der Waals surface area contributed by atoms with Crippen molar-refractivity contribution < 1.29 is 15.0 Å². The van der Waals surface area contributed by atoms with Crippen molar-refractivity contribution >= 4 is 18.4 Å². The van der Waals surface area contributed by atoms with Gasteiger partial charge < -0.3 is 15.9 Å². The van der Waals surface area contributed by atoms with Gasteiger partial charge in [0.25, 0.3) is 0 Å². The van der Waals surface area contributed by atoms with Crippen molar-refractivity contribution in [3.63, 3.8) is 0 Å². The predicted molar refractivity (Wildman–Crippen MR) is 54.7 cm³/mol. The van der Waals surface area contributed by atoms with Crippen LogP contribution in [0.3, 0.4) is 0 Å². The Morgan fingerprint density at radius 2 is 2.07 bits per heavy atom. The molecular formula is C9H12ClNO3. The number of aryl methyl sites for hydroxylation is 1. The molecule has 0 aromatic heterocycles. The van der Waals surface area contributed by atoms with Gasteiger partial charge in [-0.25, -0.2) is 0 Å². The molecular weight excluding hydrogens is 206 g/mol.